The van der Waals surface area contributed by atoms with Crippen LogP contribution in [0.5, 0.6) is 0 Å². The molecule has 0 unspecified atom stereocenters. The van der Waals surface area contributed by atoms with Crippen molar-refractivity contribution in [1.29, 1.82) is 0 Å². The Morgan fingerprint density at radius 1 is 0.800 bits per heavy atom. The molecule has 220 valence electrons. The van der Waals surface area contributed by atoms with Gasteiger partial charge in [-0.3, -0.25) is 4.79 Å². The predicted octanol–water partition coefficient (Wildman–Crippen LogP) is 9.91. The third-order valence-electron chi connectivity index (χ3n) is 15.4. The molecule has 10 atom stereocenters. The molecule has 0 radical (unpaired) electrons. The summed E-state index contributed by atoms with van der Waals surface area (Å²) in [5.41, 5.74) is 3.51. The van der Waals surface area contributed by atoms with Crippen LogP contribution in [-0.4, -0.2) is 12.1 Å². The second-order valence-electron chi connectivity index (χ2n) is 17.1. The third kappa shape index (κ3) is 3.65. The van der Waals surface area contributed by atoms with Gasteiger partial charge in [-0.05, 0) is 140 Å². The number of aldehydes is 1. The van der Waals surface area contributed by atoms with Crippen molar-refractivity contribution in [3.63, 3.8) is 0 Å². The Kier molecular flexibility index (Phi) is 6.65. The third-order valence-corrected chi connectivity index (χ3v) is 15.4. The molecule has 2 heteroatoms. The zero-order chi connectivity index (χ0) is 28.9. The molecule has 1 aromatic rings. The average molecular weight is 545 g/mol. The van der Waals surface area contributed by atoms with E-state index in [1.165, 1.54) is 63.2 Å². The molecule has 0 heterocycles. The highest BCUT2D eigenvalue weighted by Gasteiger charge is 2.71. The van der Waals surface area contributed by atoms with E-state index in [9.17, 15) is 9.59 Å². The first-order valence-electron chi connectivity index (χ1n) is 16.8. The number of fused-ring (bicyclic) bond motifs is 7. The van der Waals surface area contributed by atoms with Gasteiger partial charge in [-0.1, -0.05) is 72.7 Å². The van der Waals surface area contributed by atoms with E-state index in [1.54, 1.807) is 6.92 Å². The maximum atomic E-state index is 12.8. The number of Topliss-reactive ketones (excluding diaryl/α,β-unsaturated/α-hetero) is 1. The zero-order valence-corrected chi connectivity index (χ0v) is 26.8. The molecule has 5 aliphatic carbocycles. The van der Waals surface area contributed by atoms with Crippen LogP contribution in [0.4, 0.5) is 0 Å². The Balaban J connectivity index is 1.33. The molecule has 6 rings (SSSR count). The minimum Gasteiger partial charge on any atom is -0.303 e. The average Bonchev–Trinajstić information content (AvgIpc) is 3.29. The van der Waals surface area contributed by atoms with Crippen LogP contribution in [0.3, 0.4) is 0 Å². The van der Waals surface area contributed by atoms with E-state index in [2.05, 4.69) is 72.7 Å². The first-order valence-corrected chi connectivity index (χ1v) is 16.8. The molecular formula is C38H56O2. The molecule has 2 nitrogen and oxygen atoms in total. The molecule has 0 amide bonds. The van der Waals surface area contributed by atoms with Crippen molar-refractivity contribution in [2.75, 3.05) is 0 Å². The molecule has 5 fully saturated rings. The van der Waals surface area contributed by atoms with Crippen molar-refractivity contribution in [2.45, 2.75) is 126 Å². The van der Waals surface area contributed by atoms with Crippen LogP contribution in [0.1, 0.15) is 141 Å². The fraction of sp³-hybridized carbons (Fsp3) is 0.789. The molecule has 1 aromatic carbocycles. The van der Waals surface area contributed by atoms with Gasteiger partial charge in [-0.2, -0.15) is 0 Å². The topological polar surface area (TPSA) is 34.1 Å². The second-order valence-corrected chi connectivity index (χ2v) is 17.1. The molecule has 5 saturated carbocycles. The molecule has 0 spiro atoms. The lowest BCUT2D eigenvalue weighted by atomic mass is 9.32. The summed E-state index contributed by atoms with van der Waals surface area (Å²) >= 11 is 0. The molecular weight excluding hydrogens is 488 g/mol. The molecule has 0 aliphatic heterocycles. The summed E-state index contributed by atoms with van der Waals surface area (Å²) in [5.74, 6) is 4.88. The summed E-state index contributed by atoms with van der Waals surface area (Å²) in [6, 6.07) is 8.60. The lowest BCUT2D eigenvalue weighted by Crippen LogP contribution is -2.66. The van der Waals surface area contributed by atoms with Crippen LogP contribution < -0.4 is 0 Å². The minimum absolute atomic E-state index is 0.0403. The quantitative estimate of drug-likeness (QED) is 0.279. The second kappa shape index (κ2) is 9.28. The minimum atomic E-state index is -0.0403. The van der Waals surface area contributed by atoms with Crippen molar-refractivity contribution >= 4 is 12.1 Å². The van der Waals surface area contributed by atoms with Gasteiger partial charge in [0, 0.05) is 11.0 Å². The lowest BCUT2D eigenvalue weighted by molar-refractivity contribution is -0.238. The van der Waals surface area contributed by atoms with Crippen molar-refractivity contribution < 1.29 is 9.59 Å². The highest BCUT2D eigenvalue weighted by atomic mass is 16.1. The normalized spacial score (nSPS) is 47.5. The fourth-order valence-electron chi connectivity index (χ4n) is 13.2. The SMILES string of the molecule is CC(=O)c1ccc([C@H]2CC[C@]3(C)[C@H]4CC[C@@H]5[C@H]6[C@H](C(C)C)CC[C@]6(C=O)CC[C@@]5(C)[C@]4(C)CC[C@H]3C2(C)C)cc1. The largest absolute Gasteiger partial charge is 0.303 e. The predicted molar refractivity (Wildman–Crippen MR) is 164 cm³/mol. The Bertz CT molecular complexity index is 1160. The summed E-state index contributed by atoms with van der Waals surface area (Å²) in [4.78, 5) is 24.7. The van der Waals surface area contributed by atoms with Crippen molar-refractivity contribution in [2.24, 2.45) is 62.6 Å². The van der Waals surface area contributed by atoms with Gasteiger partial charge in [0.25, 0.3) is 0 Å². The summed E-state index contributed by atoms with van der Waals surface area (Å²) in [5, 5.41) is 0. The number of hydrogen-bond acceptors (Lipinski definition) is 2. The van der Waals surface area contributed by atoms with E-state index in [1.807, 2.05) is 0 Å². The first-order chi connectivity index (χ1) is 18.7. The molecule has 40 heavy (non-hydrogen) atoms. The molecule has 0 saturated heterocycles. The first kappa shape index (κ1) is 28.7. The van der Waals surface area contributed by atoms with Gasteiger partial charge in [-0.15, -0.1) is 0 Å². The Labute approximate surface area is 244 Å². The van der Waals surface area contributed by atoms with Crippen LogP contribution in [0, 0.1) is 62.6 Å². The van der Waals surface area contributed by atoms with Gasteiger partial charge >= 0.3 is 0 Å². The Hall–Kier alpha value is -1.44. The van der Waals surface area contributed by atoms with E-state index in [-0.39, 0.29) is 16.6 Å². The number of rotatable bonds is 4. The zero-order valence-electron chi connectivity index (χ0n) is 26.8. The fourth-order valence-corrected chi connectivity index (χ4v) is 13.2. The number of carbonyl (C=O) groups is 2. The maximum absolute atomic E-state index is 12.8. The van der Waals surface area contributed by atoms with Crippen LogP contribution in [0.2, 0.25) is 0 Å². The van der Waals surface area contributed by atoms with E-state index < -0.39 is 0 Å². The smallest absolute Gasteiger partial charge is 0.159 e. The summed E-state index contributed by atoms with van der Waals surface area (Å²) in [7, 11) is 0. The number of benzene rings is 1. The van der Waals surface area contributed by atoms with Gasteiger partial charge in [0.05, 0.1) is 0 Å². The van der Waals surface area contributed by atoms with E-state index in [0.717, 1.165) is 30.2 Å². The standard InChI is InChI=1S/C38H56O2/c1-24(2)28-15-20-38(23-39)22-21-36(7)30(33(28)38)13-14-32-35(6)18-16-29(27-11-9-26(10-12-27)25(3)40)34(4,5)31(35)17-19-37(32,36)8/h9-12,23-24,28-33H,13-22H2,1-8H3/t28-,29+,30+,31-,32+,33+,35-,36+,37+,38+/m0/s1. The summed E-state index contributed by atoms with van der Waals surface area (Å²) in [6.07, 6.45) is 14.1. The molecule has 5 aliphatic rings. The Morgan fingerprint density at radius 2 is 1.50 bits per heavy atom. The monoisotopic (exact) mass is 544 g/mol. The van der Waals surface area contributed by atoms with Crippen molar-refractivity contribution in [3.05, 3.63) is 35.4 Å². The van der Waals surface area contributed by atoms with Gasteiger partial charge in [0.2, 0.25) is 0 Å². The van der Waals surface area contributed by atoms with Crippen LogP contribution in [0.15, 0.2) is 24.3 Å². The maximum Gasteiger partial charge on any atom is 0.159 e. The van der Waals surface area contributed by atoms with E-state index in [0.29, 0.717) is 45.8 Å². The van der Waals surface area contributed by atoms with Crippen LogP contribution >= 0.6 is 0 Å². The highest BCUT2D eigenvalue weighted by Crippen LogP contribution is 2.78. The highest BCUT2D eigenvalue weighted by molar-refractivity contribution is 5.94. The van der Waals surface area contributed by atoms with Crippen LogP contribution in [0.25, 0.3) is 0 Å². The number of ketones is 1. The molecule has 0 bridgehead atoms. The summed E-state index contributed by atoms with van der Waals surface area (Å²) in [6.45, 7) is 19.8. The van der Waals surface area contributed by atoms with Gasteiger partial charge in [-0.25, -0.2) is 0 Å². The van der Waals surface area contributed by atoms with Crippen LogP contribution in [-0.2, 0) is 4.79 Å². The van der Waals surface area contributed by atoms with Gasteiger partial charge in [0.15, 0.2) is 5.78 Å². The number of carbonyl (C=O) groups excluding carboxylic acids is 2. The van der Waals surface area contributed by atoms with Crippen molar-refractivity contribution in [1.82, 2.24) is 0 Å². The summed E-state index contributed by atoms with van der Waals surface area (Å²) < 4.78 is 0. The van der Waals surface area contributed by atoms with E-state index >= 15 is 0 Å². The van der Waals surface area contributed by atoms with E-state index in [4.69, 9.17) is 0 Å². The molecule has 0 N–H and O–H groups in total. The number of hydrogen-bond donors (Lipinski definition) is 0. The lowest BCUT2D eigenvalue weighted by Gasteiger charge is -2.73. The Morgan fingerprint density at radius 3 is 2.12 bits per heavy atom. The molecule has 0 aromatic heterocycles. The van der Waals surface area contributed by atoms with Gasteiger partial charge in [0.1, 0.15) is 6.29 Å². The van der Waals surface area contributed by atoms with Crippen molar-refractivity contribution in [3.8, 4) is 0 Å². The van der Waals surface area contributed by atoms with Gasteiger partial charge < -0.3 is 4.79 Å².